The van der Waals surface area contributed by atoms with Gasteiger partial charge in [0.2, 0.25) is 0 Å². The first-order valence-electron chi connectivity index (χ1n) is 5.88. The van der Waals surface area contributed by atoms with E-state index >= 15 is 0 Å². The SMILES string of the molecule is CC(C)OC(=O)c1c(OC(C)C)ccc(N)c1N. The first-order valence-corrected chi connectivity index (χ1v) is 5.88. The van der Waals surface area contributed by atoms with Gasteiger partial charge in [0.15, 0.2) is 0 Å². The Balaban J connectivity index is 3.20. The predicted molar refractivity (Wildman–Crippen MR) is 71.6 cm³/mol. The van der Waals surface area contributed by atoms with E-state index in [4.69, 9.17) is 20.9 Å². The highest BCUT2D eigenvalue weighted by molar-refractivity contribution is 6.01. The quantitative estimate of drug-likeness (QED) is 0.633. The summed E-state index contributed by atoms with van der Waals surface area (Å²) in [5, 5.41) is 0. The highest BCUT2D eigenvalue weighted by atomic mass is 16.5. The number of rotatable bonds is 4. The zero-order valence-corrected chi connectivity index (χ0v) is 11.2. The molecule has 0 atom stereocenters. The minimum absolute atomic E-state index is 0.0707. The van der Waals surface area contributed by atoms with Gasteiger partial charge < -0.3 is 20.9 Å². The van der Waals surface area contributed by atoms with Gasteiger partial charge in [-0.2, -0.15) is 0 Å². The van der Waals surface area contributed by atoms with Crippen LogP contribution in [0.15, 0.2) is 12.1 Å². The van der Waals surface area contributed by atoms with Crippen LogP contribution in [-0.2, 0) is 4.74 Å². The summed E-state index contributed by atoms with van der Waals surface area (Å²) in [6, 6.07) is 3.24. The molecule has 4 N–H and O–H groups in total. The normalized spacial score (nSPS) is 10.8. The van der Waals surface area contributed by atoms with Crippen molar-refractivity contribution in [2.75, 3.05) is 11.5 Å². The average molecular weight is 252 g/mol. The lowest BCUT2D eigenvalue weighted by Gasteiger charge is -2.17. The topological polar surface area (TPSA) is 87.6 Å². The second kappa shape index (κ2) is 5.62. The van der Waals surface area contributed by atoms with Crippen LogP contribution in [0.5, 0.6) is 5.75 Å². The molecule has 1 rings (SSSR count). The van der Waals surface area contributed by atoms with Crippen LogP contribution in [0.4, 0.5) is 11.4 Å². The predicted octanol–water partition coefficient (Wildman–Crippen LogP) is 2.20. The minimum atomic E-state index is -0.523. The number of ether oxygens (including phenoxy) is 2. The van der Waals surface area contributed by atoms with Gasteiger partial charge in [0, 0.05) is 0 Å². The fourth-order valence-electron chi connectivity index (χ4n) is 1.45. The van der Waals surface area contributed by atoms with Crippen LogP contribution in [0.25, 0.3) is 0 Å². The molecule has 1 aromatic carbocycles. The largest absolute Gasteiger partial charge is 0.490 e. The molecule has 0 aliphatic carbocycles. The number of hydrogen-bond donors (Lipinski definition) is 2. The van der Waals surface area contributed by atoms with E-state index < -0.39 is 5.97 Å². The summed E-state index contributed by atoms with van der Waals surface area (Å²) in [7, 11) is 0. The number of esters is 1. The highest BCUT2D eigenvalue weighted by Gasteiger charge is 2.21. The summed E-state index contributed by atoms with van der Waals surface area (Å²) in [6.45, 7) is 7.26. The Labute approximate surface area is 107 Å². The van der Waals surface area contributed by atoms with E-state index in [1.165, 1.54) is 0 Å². The van der Waals surface area contributed by atoms with Crippen LogP contribution in [0.1, 0.15) is 38.1 Å². The van der Waals surface area contributed by atoms with Gasteiger partial charge in [-0.15, -0.1) is 0 Å². The van der Waals surface area contributed by atoms with Crippen molar-refractivity contribution in [1.29, 1.82) is 0 Å². The minimum Gasteiger partial charge on any atom is -0.490 e. The average Bonchev–Trinajstić information content (AvgIpc) is 2.21. The van der Waals surface area contributed by atoms with Gasteiger partial charge in [-0.05, 0) is 39.8 Å². The van der Waals surface area contributed by atoms with Crippen LogP contribution in [0.2, 0.25) is 0 Å². The first-order chi connectivity index (χ1) is 8.32. The number of nitrogens with two attached hydrogens (primary N) is 2. The maximum Gasteiger partial charge on any atom is 0.344 e. The van der Waals surface area contributed by atoms with Crippen molar-refractivity contribution in [3.05, 3.63) is 17.7 Å². The molecule has 0 amide bonds. The summed E-state index contributed by atoms with van der Waals surface area (Å²) in [4.78, 5) is 12.0. The molecule has 0 spiro atoms. The van der Waals surface area contributed by atoms with Crippen molar-refractivity contribution in [1.82, 2.24) is 0 Å². The maximum absolute atomic E-state index is 12.0. The molecule has 0 saturated carbocycles. The van der Waals surface area contributed by atoms with E-state index in [0.717, 1.165) is 0 Å². The molecule has 0 radical (unpaired) electrons. The Morgan fingerprint density at radius 2 is 1.72 bits per heavy atom. The zero-order valence-electron chi connectivity index (χ0n) is 11.2. The Bertz CT molecular complexity index is 442. The van der Waals surface area contributed by atoms with Gasteiger partial charge in [-0.3, -0.25) is 0 Å². The van der Waals surface area contributed by atoms with Crippen molar-refractivity contribution in [3.8, 4) is 5.75 Å². The second-order valence-electron chi connectivity index (χ2n) is 4.56. The summed E-state index contributed by atoms with van der Waals surface area (Å²) in [6.07, 6.45) is -0.302. The summed E-state index contributed by atoms with van der Waals surface area (Å²) in [5.74, 6) is -0.132. The molecule has 100 valence electrons. The van der Waals surface area contributed by atoms with Crippen molar-refractivity contribution < 1.29 is 14.3 Å². The summed E-state index contributed by atoms with van der Waals surface area (Å²) in [5.41, 5.74) is 12.3. The van der Waals surface area contributed by atoms with Crippen LogP contribution < -0.4 is 16.2 Å². The second-order valence-corrected chi connectivity index (χ2v) is 4.56. The molecule has 5 heteroatoms. The molecule has 0 fully saturated rings. The van der Waals surface area contributed by atoms with Crippen molar-refractivity contribution in [3.63, 3.8) is 0 Å². The lowest BCUT2D eigenvalue weighted by atomic mass is 10.1. The Morgan fingerprint density at radius 3 is 2.22 bits per heavy atom. The van der Waals surface area contributed by atoms with Gasteiger partial charge in [-0.1, -0.05) is 0 Å². The molecular weight excluding hydrogens is 232 g/mol. The fourth-order valence-corrected chi connectivity index (χ4v) is 1.45. The maximum atomic E-state index is 12.0. The van der Waals surface area contributed by atoms with E-state index in [9.17, 15) is 4.79 Å². The Morgan fingerprint density at radius 1 is 1.11 bits per heavy atom. The molecule has 0 aliphatic rings. The highest BCUT2D eigenvalue weighted by Crippen LogP contribution is 2.31. The third-order valence-electron chi connectivity index (χ3n) is 2.15. The smallest absolute Gasteiger partial charge is 0.344 e. The van der Waals surface area contributed by atoms with E-state index in [2.05, 4.69) is 0 Å². The van der Waals surface area contributed by atoms with Gasteiger partial charge >= 0.3 is 5.97 Å². The number of carbonyl (C=O) groups is 1. The molecular formula is C13H20N2O3. The zero-order chi connectivity index (χ0) is 13.9. The van der Waals surface area contributed by atoms with E-state index in [-0.39, 0.29) is 23.5 Å². The first kappa shape index (κ1) is 14.2. The molecule has 0 saturated heterocycles. The number of anilines is 2. The van der Waals surface area contributed by atoms with E-state index in [0.29, 0.717) is 11.4 Å². The molecule has 18 heavy (non-hydrogen) atoms. The number of hydrogen-bond acceptors (Lipinski definition) is 5. The number of carbonyl (C=O) groups excluding carboxylic acids is 1. The van der Waals surface area contributed by atoms with Gasteiger partial charge in [0.05, 0.1) is 23.6 Å². The van der Waals surface area contributed by atoms with Gasteiger partial charge in [0.25, 0.3) is 0 Å². The third-order valence-corrected chi connectivity index (χ3v) is 2.15. The Hall–Kier alpha value is -1.91. The molecule has 0 aromatic heterocycles. The van der Waals surface area contributed by atoms with Gasteiger partial charge in [0.1, 0.15) is 11.3 Å². The molecule has 5 nitrogen and oxygen atoms in total. The molecule has 0 heterocycles. The Kier molecular flexibility index (Phi) is 4.42. The van der Waals surface area contributed by atoms with E-state index in [1.54, 1.807) is 26.0 Å². The standard InChI is InChI=1S/C13H20N2O3/c1-7(2)17-10-6-5-9(14)12(15)11(10)13(16)18-8(3)4/h5-8H,14-15H2,1-4H3. The van der Waals surface area contributed by atoms with Crippen molar-refractivity contribution >= 4 is 17.3 Å². The lowest BCUT2D eigenvalue weighted by molar-refractivity contribution is 0.0373. The van der Waals surface area contributed by atoms with Crippen LogP contribution in [-0.4, -0.2) is 18.2 Å². The van der Waals surface area contributed by atoms with E-state index in [1.807, 2.05) is 13.8 Å². The number of nitrogen functional groups attached to an aromatic ring is 2. The summed E-state index contributed by atoms with van der Waals surface area (Å²) < 4.78 is 10.7. The van der Waals surface area contributed by atoms with Crippen LogP contribution >= 0.6 is 0 Å². The molecule has 0 bridgehead atoms. The van der Waals surface area contributed by atoms with Crippen LogP contribution in [0, 0.1) is 0 Å². The van der Waals surface area contributed by atoms with Crippen molar-refractivity contribution in [2.45, 2.75) is 39.9 Å². The lowest BCUT2D eigenvalue weighted by Crippen LogP contribution is -2.17. The number of benzene rings is 1. The van der Waals surface area contributed by atoms with Crippen molar-refractivity contribution in [2.24, 2.45) is 0 Å². The van der Waals surface area contributed by atoms with Crippen LogP contribution in [0.3, 0.4) is 0 Å². The third kappa shape index (κ3) is 3.29. The molecule has 0 aliphatic heterocycles. The monoisotopic (exact) mass is 252 g/mol. The fraction of sp³-hybridized carbons (Fsp3) is 0.462. The molecule has 1 aromatic rings. The molecule has 0 unspecified atom stereocenters. The summed E-state index contributed by atoms with van der Waals surface area (Å²) >= 11 is 0. The van der Waals surface area contributed by atoms with Gasteiger partial charge in [-0.25, -0.2) is 4.79 Å².